The maximum atomic E-state index is 12.2. The second kappa shape index (κ2) is 9.91. The summed E-state index contributed by atoms with van der Waals surface area (Å²) >= 11 is 0. The third kappa shape index (κ3) is 6.59. The Morgan fingerprint density at radius 1 is 1.34 bits per heavy atom. The maximum absolute atomic E-state index is 12.2. The number of ether oxygens (including phenoxy) is 1. The molecule has 1 aliphatic rings. The average Bonchev–Trinajstić information content (AvgIpc) is 2.91. The minimum absolute atomic E-state index is 0.0124. The first-order chi connectivity index (χ1) is 13.4. The van der Waals surface area contributed by atoms with Crippen LogP contribution >= 0.6 is 0 Å². The molecular weight excluding hydrogens is 376 g/mol. The maximum Gasteiger partial charge on any atom is 0.338 e. The minimum Gasteiger partial charge on any atom is -0.478 e. The number of aliphatic hydroxyl groups excluding tert-OH is 1. The molecule has 0 fully saturated rings. The lowest BCUT2D eigenvalue weighted by atomic mass is 9.89. The van der Waals surface area contributed by atoms with E-state index in [4.69, 9.17) is 9.84 Å². The summed E-state index contributed by atoms with van der Waals surface area (Å²) in [5.41, 5.74) is -0.135. The van der Waals surface area contributed by atoms with Gasteiger partial charge in [-0.05, 0) is 24.5 Å². The predicted octanol–water partition coefficient (Wildman–Crippen LogP) is 0.902. The molecule has 0 spiro atoms. The van der Waals surface area contributed by atoms with Crippen molar-refractivity contribution in [2.45, 2.75) is 32.9 Å². The first-order valence-electron chi connectivity index (χ1n) is 9.39. The van der Waals surface area contributed by atoms with Crippen molar-refractivity contribution >= 4 is 17.7 Å². The standard InChI is InChI=1S/C15H19N3O4.C5H14NO/c1-8(2)15(3)14(21)17-12(18-15)11-10(13(19)20)5-9(6-16-11)7-22-4;1-6(2,3)4-5-7/h5-6,8H,7H2,1-4H3,(H,19,20)(H,17,18,21);7H,4-5H2,1-3H3/q;+1. The van der Waals surface area contributed by atoms with Crippen molar-refractivity contribution in [1.82, 2.24) is 10.3 Å². The Kier molecular flexibility index (Phi) is 8.43. The van der Waals surface area contributed by atoms with E-state index >= 15 is 0 Å². The van der Waals surface area contributed by atoms with Crippen molar-refractivity contribution in [2.24, 2.45) is 10.9 Å². The highest BCUT2D eigenvalue weighted by molar-refractivity contribution is 6.17. The third-order valence-corrected chi connectivity index (χ3v) is 4.64. The summed E-state index contributed by atoms with van der Waals surface area (Å²) in [6, 6.07) is 1.48. The fourth-order valence-corrected chi connectivity index (χ4v) is 2.45. The number of amides is 1. The number of amidine groups is 1. The van der Waals surface area contributed by atoms with Crippen LogP contribution in [-0.4, -0.2) is 84.3 Å². The number of aromatic carboxylic acids is 1. The van der Waals surface area contributed by atoms with Gasteiger partial charge in [0.1, 0.15) is 17.8 Å². The number of hydrogen-bond acceptors (Lipinski definition) is 6. The van der Waals surface area contributed by atoms with Gasteiger partial charge in [0.05, 0.1) is 39.9 Å². The molecule has 0 aromatic carbocycles. The molecular formula is C20H33N4O5+. The predicted molar refractivity (Wildman–Crippen MR) is 110 cm³/mol. The Balaban J connectivity index is 0.000000516. The van der Waals surface area contributed by atoms with Gasteiger partial charge in [-0.15, -0.1) is 0 Å². The van der Waals surface area contributed by atoms with Gasteiger partial charge >= 0.3 is 5.97 Å². The second-order valence-electron chi connectivity index (χ2n) is 8.43. The molecule has 0 bridgehead atoms. The molecule has 0 saturated heterocycles. The summed E-state index contributed by atoms with van der Waals surface area (Å²) in [7, 11) is 7.67. The number of carbonyl (C=O) groups excluding carboxylic acids is 1. The van der Waals surface area contributed by atoms with Crippen LogP contribution in [0.4, 0.5) is 0 Å². The fraction of sp³-hybridized carbons (Fsp3) is 0.600. The number of aromatic nitrogens is 1. The molecule has 1 amide bonds. The number of aliphatic hydroxyl groups is 1. The zero-order valence-corrected chi connectivity index (χ0v) is 18.3. The number of carbonyl (C=O) groups is 2. The summed E-state index contributed by atoms with van der Waals surface area (Å²) in [6.07, 6.45) is 1.52. The van der Waals surface area contributed by atoms with E-state index in [0.29, 0.717) is 5.56 Å². The number of aliphatic imine (C=N–C) groups is 1. The smallest absolute Gasteiger partial charge is 0.338 e. The second-order valence-corrected chi connectivity index (χ2v) is 8.43. The van der Waals surface area contributed by atoms with Gasteiger partial charge in [0.25, 0.3) is 5.91 Å². The van der Waals surface area contributed by atoms with Gasteiger partial charge in [-0.3, -0.25) is 9.78 Å². The highest BCUT2D eigenvalue weighted by atomic mass is 16.5. The molecule has 0 saturated carbocycles. The molecule has 0 aliphatic carbocycles. The summed E-state index contributed by atoms with van der Waals surface area (Å²) in [6.45, 7) is 6.87. The SMILES string of the molecule is COCc1cnc(C2=NC(C)(C(C)C)C(=O)N2)c(C(=O)O)c1.C[N+](C)(C)CCO. The van der Waals surface area contributed by atoms with Crippen LogP contribution in [0.25, 0.3) is 0 Å². The Labute approximate surface area is 172 Å². The van der Waals surface area contributed by atoms with Crippen molar-refractivity contribution in [3.8, 4) is 0 Å². The van der Waals surface area contributed by atoms with E-state index in [1.165, 1.54) is 19.4 Å². The Morgan fingerprint density at radius 2 is 1.97 bits per heavy atom. The van der Waals surface area contributed by atoms with Crippen LogP contribution in [0.15, 0.2) is 17.3 Å². The monoisotopic (exact) mass is 409 g/mol. The largest absolute Gasteiger partial charge is 0.478 e. The van der Waals surface area contributed by atoms with Crippen LogP contribution in [0.5, 0.6) is 0 Å². The molecule has 1 aromatic heterocycles. The molecule has 1 atom stereocenters. The molecule has 1 unspecified atom stereocenters. The number of quaternary nitrogens is 1. The molecule has 0 radical (unpaired) electrons. The number of rotatable bonds is 7. The molecule has 1 aliphatic heterocycles. The topological polar surface area (TPSA) is 121 Å². The molecule has 3 N–H and O–H groups in total. The fourth-order valence-electron chi connectivity index (χ4n) is 2.45. The van der Waals surface area contributed by atoms with Crippen molar-refractivity contribution < 1.29 is 29.0 Å². The number of likely N-dealkylation sites (N-methyl/N-ethyl adjacent to an activating group) is 1. The third-order valence-electron chi connectivity index (χ3n) is 4.64. The van der Waals surface area contributed by atoms with E-state index in [9.17, 15) is 14.7 Å². The highest BCUT2D eigenvalue weighted by Crippen LogP contribution is 2.27. The van der Waals surface area contributed by atoms with Gasteiger partial charge in [0.15, 0.2) is 5.84 Å². The van der Waals surface area contributed by atoms with E-state index in [2.05, 4.69) is 36.4 Å². The van der Waals surface area contributed by atoms with Crippen LogP contribution in [0, 0.1) is 5.92 Å². The molecule has 2 rings (SSSR count). The van der Waals surface area contributed by atoms with Gasteiger partial charge in [-0.25, -0.2) is 9.79 Å². The Bertz CT molecular complexity index is 771. The molecule has 162 valence electrons. The molecule has 9 nitrogen and oxygen atoms in total. The minimum atomic E-state index is -1.13. The number of nitrogens with one attached hydrogen (secondary N) is 1. The van der Waals surface area contributed by atoms with Gasteiger partial charge in [-0.2, -0.15) is 0 Å². The summed E-state index contributed by atoms with van der Waals surface area (Å²) < 4.78 is 5.82. The lowest BCUT2D eigenvalue weighted by Crippen LogP contribution is -2.41. The van der Waals surface area contributed by atoms with Crippen molar-refractivity contribution in [2.75, 3.05) is 41.4 Å². The molecule has 1 aromatic rings. The van der Waals surface area contributed by atoms with Crippen LogP contribution in [0.1, 0.15) is 42.4 Å². The van der Waals surface area contributed by atoms with Gasteiger partial charge in [0, 0.05) is 13.3 Å². The number of carboxylic acid groups (broad SMARTS) is 1. The number of hydrogen-bond donors (Lipinski definition) is 3. The first kappa shape index (κ1) is 24.7. The zero-order valence-electron chi connectivity index (χ0n) is 18.3. The van der Waals surface area contributed by atoms with Crippen LogP contribution in [0.2, 0.25) is 0 Å². The molecule has 2 heterocycles. The number of nitrogens with zero attached hydrogens (tertiary/aromatic N) is 3. The van der Waals surface area contributed by atoms with Gasteiger partial charge in [-0.1, -0.05) is 13.8 Å². The zero-order chi connectivity index (χ0) is 22.4. The van der Waals surface area contributed by atoms with E-state index in [1.54, 1.807) is 6.92 Å². The first-order valence-corrected chi connectivity index (χ1v) is 9.39. The van der Waals surface area contributed by atoms with Crippen molar-refractivity contribution in [1.29, 1.82) is 0 Å². The summed E-state index contributed by atoms with van der Waals surface area (Å²) in [5, 5.41) is 20.4. The normalized spacial score (nSPS) is 18.8. The lowest BCUT2D eigenvalue weighted by molar-refractivity contribution is -0.870. The van der Waals surface area contributed by atoms with E-state index < -0.39 is 11.5 Å². The van der Waals surface area contributed by atoms with Gasteiger partial charge < -0.3 is 24.7 Å². The quantitative estimate of drug-likeness (QED) is 0.576. The Hall–Kier alpha value is -2.36. The van der Waals surface area contributed by atoms with Crippen LogP contribution < -0.4 is 5.32 Å². The molecule has 29 heavy (non-hydrogen) atoms. The van der Waals surface area contributed by atoms with Gasteiger partial charge in [0.2, 0.25) is 0 Å². The summed E-state index contributed by atoms with van der Waals surface area (Å²) in [4.78, 5) is 32.2. The molecule has 9 heteroatoms. The van der Waals surface area contributed by atoms with Crippen molar-refractivity contribution in [3.05, 3.63) is 29.1 Å². The van der Waals surface area contributed by atoms with E-state index in [0.717, 1.165) is 11.0 Å². The van der Waals surface area contributed by atoms with E-state index in [1.807, 2.05) is 13.8 Å². The highest BCUT2D eigenvalue weighted by Gasteiger charge is 2.43. The van der Waals surface area contributed by atoms with Crippen LogP contribution in [-0.2, 0) is 16.1 Å². The number of pyridine rings is 1. The Morgan fingerprint density at radius 3 is 2.34 bits per heavy atom. The van der Waals surface area contributed by atoms with E-state index in [-0.39, 0.29) is 42.1 Å². The summed E-state index contributed by atoms with van der Waals surface area (Å²) in [5.74, 6) is -1.21. The van der Waals surface area contributed by atoms with Crippen LogP contribution in [0.3, 0.4) is 0 Å². The van der Waals surface area contributed by atoms with Crippen molar-refractivity contribution in [3.63, 3.8) is 0 Å². The lowest BCUT2D eigenvalue weighted by Gasteiger charge is -2.21. The average molecular weight is 410 g/mol. The number of methoxy groups -OCH3 is 1. The number of carboxylic acids is 1.